The molecule has 0 radical (unpaired) electrons. The van der Waals surface area contributed by atoms with Gasteiger partial charge in [0.1, 0.15) is 5.82 Å². The normalized spacial score (nSPS) is 13.9. The van der Waals surface area contributed by atoms with Crippen molar-refractivity contribution in [1.29, 1.82) is 0 Å². The van der Waals surface area contributed by atoms with E-state index < -0.39 is 17.6 Å². The van der Waals surface area contributed by atoms with Gasteiger partial charge in [0.2, 0.25) is 0 Å². The highest BCUT2D eigenvalue weighted by Crippen LogP contribution is 2.27. The lowest BCUT2D eigenvalue weighted by molar-refractivity contribution is -0.135. The van der Waals surface area contributed by atoms with Crippen LogP contribution in [-0.2, 0) is 29.0 Å². The molecule has 0 bridgehead atoms. The minimum absolute atomic E-state index is 0.0482. The fourth-order valence-electron chi connectivity index (χ4n) is 3.32. The zero-order chi connectivity index (χ0) is 23.7. The van der Waals surface area contributed by atoms with Crippen molar-refractivity contribution in [2.24, 2.45) is 22.4 Å². The second-order valence-electron chi connectivity index (χ2n) is 7.34. The Labute approximate surface area is 191 Å². The van der Waals surface area contributed by atoms with Gasteiger partial charge in [-0.25, -0.2) is 4.39 Å². The second-order valence-corrected chi connectivity index (χ2v) is 7.74. The molecule has 2 aromatic rings. The van der Waals surface area contributed by atoms with E-state index >= 15 is 0 Å². The molecule has 0 fully saturated rings. The highest BCUT2D eigenvalue weighted by atomic mass is 35.5. The third-order valence-corrected chi connectivity index (χ3v) is 5.12. The molecule has 10 heteroatoms. The standard InChI is InChI=1S/C13H20N4.C9H8ClFN2O2/c1-16-7-9-2-3-11-5-10(6-12(11)4-9)8-17-13(14)15;1-12-8(14)9(15)13-5-2-3-6(10)7(11)4-5/h2-4,10,16H,5-8H2,1H3,(H4,14,15,17);2-4H,1H3,(H,12,14)(H,13,15). The summed E-state index contributed by atoms with van der Waals surface area (Å²) in [5.74, 6) is -1.58. The Bertz CT molecular complexity index is 994. The minimum atomic E-state index is -0.862. The lowest BCUT2D eigenvalue weighted by Gasteiger charge is -2.04. The summed E-state index contributed by atoms with van der Waals surface area (Å²) in [6.07, 6.45) is 2.18. The highest BCUT2D eigenvalue weighted by Gasteiger charge is 2.21. The maximum atomic E-state index is 12.9. The Morgan fingerprint density at radius 2 is 1.81 bits per heavy atom. The molecular weight excluding hydrogens is 435 g/mol. The zero-order valence-corrected chi connectivity index (χ0v) is 18.8. The first-order valence-electron chi connectivity index (χ1n) is 10.0. The molecule has 0 aliphatic heterocycles. The van der Waals surface area contributed by atoms with Crippen LogP contribution >= 0.6 is 11.6 Å². The van der Waals surface area contributed by atoms with Gasteiger partial charge in [0.25, 0.3) is 0 Å². The monoisotopic (exact) mass is 462 g/mol. The number of nitrogens with zero attached hydrogens (tertiary/aromatic N) is 1. The average Bonchev–Trinajstić information content (AvgIpc) is 3.17. The van der Waals surface area contributed by atoms with Gasteiger partial charge in [-0.2, -0.15) is 0 Å². The first-order chi connectivity index (χ1) is 15.2. The Morgan fingerprint density at radius 3 is 2.44 bits per heavy atom. The smallest absolute Gasteiger partial charge is 0.313 e. The number of halogens is 2. The first kappa shape index (κ1) is 25.1. The van der Waals surface area contributed by atoms with Crippen molar-refractivity contribution in [2.75, 3.05) is 26.0 Å². The average molecular weight is 463 g/mol. The molecule has 0 heterocycles. The summed E-state index contributed by atoms with van der Waals surface area (Å²) in [4.78, 5) is 26.0. The predicted molar refractivity (Wildman–Crippen MR) is 125 cm³/mol. The number of rotatable bonds is 5. The number of carbonyl (C=O) groups excluding carboxylic acids is 2. The molecule has 1 atom stereocenters. The molecule has 0 saturated heterocycles. The number of hydrogen-bond donors (Lipinski definition) is 5. The van der Waals surface area contributed by atoms with Gasteiger partial charge < -0.3 is 27.4 Å². The molecule has 1 aliphatic rings. The van der Waals surface area contributed by atoms with Crippen molar-refractivity contribution in [3.8, 4) is 0 Å². The number of aliphatic imine (C=N–C) groups is 1. The highest BCUT2D eigenvalue weighted by molar-refractivity contribution is 6.39. The zero-order valence-electron chi connectivity index (χ0n) is 18.0. The van der Waals surface area contributed by atoms with Gasteiger partial charge in [0.15, 0.2) is 5.96 Å². The van der Waals surface area contributed by atoms with E-state index in [1.54, 1.807) is 0 Å². The SMILES string of the molecule is CNC(=O)C(=O)Nc1ccc(Cl)c(F)c1.CNCc1ccc2c(c1)CC(CN=C(N)N)C2. The van der Waals surface area contributed by atoms with Crippen LogP contribution in [0.5, 0.6) is 0 Å². The van der Waals surface area contributed by atoms with Gasteiger partial charge in [-0.3, -0.25) is 14.6 Å². The third kappa shape index (κ3) is 7.51. The molecule has 32 heavy (non-hydrogen) atoms. The van der Waals surface area contributed by atoms with Crippen LogP contribution in [-0.4, -0.2) is 38.4 Å². The molecule has 2 aromatic carbocycles. The van der Waals surface area contributed by atoms with E-state index in [-0.39, 0.29) is 16.7 Å². The number of guanidine groups is 1. The van der Waals surface area contributed by atoms with Crippen LogP contribution in [0.3, 0.4) is 0 Å². The van der Waals surface area contributed by atoms with E-state index in [2.05, 4.69) is 39.1 Å². The number of amides is 2. The Hall–Kier alpha value is -3.17. The third-order valence-electron chi connectivity index (χ3n) is 4.81. The van der Waals surface area contributed by atoms with E-state index in [0.29, 0.717) is 5.92 Å². The lowest BCUT2D eigenvalue weighted by atomic mass is 10.1. The topological polar surface area (TPSA) is 135 Å². The fraction of sp³-hybridized carbons (Fsp3) is 0.318. The number of anilines is 1. The summed E-state index contributed by atoms with van der Waals surface area (Å²) < 4.78 is 12.9. The molecule has 172 valence electrons. The molecule has 0 aromatic heterocycles. The van der Waals surface area contributed by atoms with Crippen molar-refractivity contribution in [2.45, 2.75) is 19.4 Å². The van der Waals surface area contributed by atoms with Crippen molar-refractivity contribution < 1.29 is 14.0 Å². The largest absolute Gasteiger partial charge is 0.370 e. The summed E-state index contributed by atoms with van der Waals surface area (Å²) in [7, 11) is 3.29. The van der Waals surface area contributed by atoms with Crippen LogP contribution in [0.15, 0.2) is 41.4 Å². The molecule has 8 nitrogen and oxygen atoms in total. The Balaban J connectivity index is 0.000000229. The molecule has 0 saturated carbocycles. The van der Waals surface area contributed by atoms with Crippen molar-refractivity contribution in [3.63, 3.8) is 0 Å². The van der Waals surface area contributed by atoms with Gasteiger partial charge >= 0.3 is 11.8 Å². The molecule has 1 aliphatic carbocycles. The number of nitrogens with one attached hydrogen (secondary N) is 3. The van der Waals surface area contributed by atoms with Gasteiger partial charge in [-0.1, -0.05) is 29.8 Å². The molecule has 7 N–H and O–H groups in total. The molecule has 2 amide bonds. The number of carbonyl (C=O) groups is 2. The van der Waals surface area contributed by atoms with Gasteiger partial charge in [0.05, 0.1) is 5.02 Å². The maximum Gasteiger partial charge on any atom is 0.313 e. The van der Waals surface area contributed by atoms with E-state index in [9.17, 15) is 14.0 Å². The van der Waals surface area contributed by atoms with Crippen molar-refractivity contribution in [3.05, 3.63) is 63.9 Å². The summed E-state index contributed by atoms with van der Waals surface area (Å²) in [5, 5.41) is 7.47. The lowest BCUT2D eigenvalue weighted by Crippen LogP contribution is -2.32. The van der Waals surface area contributed by atoms with Gasteiger partial charge in [-0.15, -0.1) is 0 Å². The predicted octanol–water partition coefficient (Wildman–Crippen LogP) is 1.56. The summed E-state index contributed by atoms with van der Waals surface area (Å²) in [6, 6.07) is 10.4. The molecule has 1 unspecified atom stereocenters. The van der Waals surface area contributed by atoms with Crippen LogP contribution in [0.2, 0.25) is 5.02 Å². The quantitative estimate of drug-likeness (QED) is 0.261. The maximum absolute atomic E-state index is 12.9. The number of fused-ring (bicyclic) bond motifs is 1. The van der Waals surface area contributed by atoms with E-state index in [1.165, 1.54) is 35.9 Å². The van der Waals surface area contributed by atoms with Gasteiger partial charge in [-0.05, 0) is 60.7 Å². The van der Waals surface area contributed by atoms with Crippen LogP contribution in [0.4, 0.5) is 10.1 Å². The number of benzene rings is 2. The number of likely N-dealkylation sites (N-methyl/N-ethyl adjacent to an activating group) is 1. The van der Waals surface area contributed by atoms with Crippen molar-refractivity contribution >= 4 is 35.1 Å². The minimum Gasteiger partial charge on any atom is -0.370 e. The molecule has 3 rings (SSSR count). The van der Waals surface area contributed by atoms with E-state index in [0.717, 1.165) is 32.0 Å². The summed E-state index contributed by atoms with van der Waals surface area (Å²) in [5.41, 5.74) is 15.1. The fourth-order valence-corrected chi connectivity index (χ4v) is 3.43. The Kier molecular flexibility index (Phi) is 9.42. The van der Waals surface area contributed by atoms with Crippen LogP contribution < -0.4 is 27.4 Å². The Morgan fingerprint density at radius 1 is 1.09 bits per heavy atom. The molecule has 0 spiro atoms. The molecular formula is C22H28ClFN6O2. The van der Waals surface area contributed by atoms with Crippen LogP contribution in [0, 0.1) is 11.7 Å². The number of hydrogen-bond acceptors (Lipinski definition) is 4. The van der Waals surface area contributed by atoms with Gasteiger partial charge in [0, 0.05) is 25.8 Å². The summed E-state index contributed by atoms with van der Waals surface area (Å²) in [6.45, 7) is 1.66. The van der Waals surface area contributed by atoms with E-state index in [4.69, 9.17) is 23.1 Å². The van der Waals surface area contributed by atoms with Crippen molar-refractivity contribution in [1.82, 2.24) is 10.6 Å². The summed E-state index contributed by atoms with van der Waals surface area (Å²) >= 11 is 5.44. The first-order valence-corrected chi connectivity index (χ1v) is 10.4. The number of nitrogens with two attached hydrogens (primary N) is 2. The second kappa shape index (κ2) is 12.0. The van der Waals surface area contributed by atoms with E-state index in [1.807, 2.05) is 7.05 Å². The van der Waals surface area contributed by atoms with Crippen LogP contribution in [0.1, 0.15) is 16.7 Å². The van der Waals surface area contributed by atoms with Crippen LogP contribution in [0.25, 0.3) is 0 Å².